The van der Waals surface area contributed by atoms with Crippen molar-refractivity contribution in [2.45, 2.75) is 44.9 Å². The monoisotopic (exact) mass is 306 g/mol. The minimum absolute atomic E-state index is 0.0222. The zero-order valence-electron chi connectivity index (χ0n) is 13.0. The molecule has 2 fully saturated rings. The van der Waals surface area contributed by atoms with Gasteiger partial charge in [0.15, 0.2) is 5.82 Å². The highest BCUT2D eigenvalue weighted by atomic mass is 16.5. The average Bonchev–Trinajstić information content (AvgIpc) is 3.09. The van der Waals surface area contributed by atoms with E-state index in [1.165, 1.54) is 0 Å². The molecule has 120 valence electrons. The molecule has 3 heterocycles. The average molecular weight is 306 g/mol. The van der Waals surface area contributed by atoms with Gasteiger partial charge in [0.05, 0.1) is 12.5 Å². The standard InChI is InChI=1S/C15H22N4O3/c1-11-16-15(22-17-11)12-6-8-19(9-12)14(21)10-18-7-4-2-3-5-13(18)20/h12H,2-10H2,1H3. The van der Waals surface area contributed by atoms with Crippen LogP contribution in [0.1, 0.15) is 49.7 Å². The Hall–Kier alpha value is -1.92. The summed E-state index contributed by atoms with van der Waals surface area (Å²) in [5.74, 6) is 1.47. The number of rotatable bonds is 3. The summed E-state index contributed by atoms with van der Waals surface area (Å²) in [5, 5.41) is 3.80. The third kappa shape index (κ3) is 3.28. The van der Waals surface area contributed by atoms with Crippen molar-refractivity contribution in [3.8, 4) is 0 Å². The topological polar surface area (TPSA) is 79.5 Å². The molecule has 0 saturated carbocycles. The third-order valence-electron chi connectivity index (χ3n) is 4.43. The molecule has 1 atom stereocenters. The van der Waals surface area contributed by atoms with Gasteiger partial charge in [0.1, 0.15) is 0 Å². The lowest BCUT2D eigenvalue weighted by atomic mass is 10.1. The Balaban J connectivity index is 1.56. The fourth-order valence-corrected chi connectivity index (χ4v) is 3.14. The highest BCUT2D eigenvalue weighted by molar-refractivity contribution is 5.85. The molecule has 0 aromatic carbocycles. The zero-order valence-corrected chi connectivity index (χ0v) is 13.0. The second kappa shape index (κ2) is 6.46. The van der Waals surface area contributed by atoms with Crippen LogP contribution in [0, 0.1) is 6.92 Å². The minimum Gasteiger partial charge on any atom is -0.340 e. The van der Waals surface area contributed by atoms with Crippen LogP contribution in [0.25, 0.3) is 0 Å². The molecule has 0 bridgehead atoms. The molecule has 2 saturated heterocycles. The maximum atomic E-state index is 12.4. The van der Waals surface area contributed by atoms with Gasteiger partial charge in [-0.05, 0) is 26.2 Å². The van der Waals surface area contributed by atoms with Gasteiger partial charge in [-0.25, -0.2) is 0 Å². The van der Waals surface area contributed by atoms with Crippen LogP contribution in [0.3, 0.4) is 0 Å². The van der Waals surface area contributed by atoms with Crippen LogP contribution in [0.2, 0.25) is 0 Å². The fraction of sp³-hybridized carbons (Fsp3) is 0.733. The third-order valence-corrected chi connectivity index (χ3v) is 4.43. The number of aromatic nitrogens is 2. The van der Waals surface area contributed by atoms with Crippen molar-refractivity contribution in [2.24, 2.45) is 0 Å². The van der Waals surface area contributed by atoms with Gasteiger partial charge < -0.3 is 14.3 Å². The highest BCUT2D eigenvalue weighted by Gasteiger charge is 2.32. The Morgan fingerprint density at radius 1 is 1.32 bits per heavy atom. The predicted octanol–water partition coefficient (Wildman–Crippen LogP) is 1.10. The second-order valence-corrected chi connectivity index (χ2v) is 6.13. The van der Waals surface area contributed by atoms with E-state index in [0.29, 0.717) is 37.8 Å². The zero-order chi connectivity index (χ0) is 15.5. The van der Waals surface area contributed by atoms with Crippen LogP contribution in [0.4, 0.5) is 0 Å². The lowest BCUT2D eigenvalue weighted by Gasteiger charge is -2.23. The molecular weight excluding hydrogens is 284 g/mol. The van der Waals surface area contributed by atoms with E-state index < -0.39 is 0 Å². The Morgan fingerprint density at radius 3 is 2.95 bits per heavy atom. The number of hydrogen-bond acceptors (Lipinski definition) is 5. The smallest absolute Gasteiger partial charge is 0.242 e. The summed E-state index contributed by atoms with van der Waals surface area (Å²) in [6.07, 6.45) is 4.39. The lowest BCUT2D eigenvalue weighted by molar-refractivity contribution is -0.139. The van der Waals surface area contributed by atoms with Crippen LogP contribution < -0.4 is 0 Å². The van der Waals surface area contributed by atoms with E-state index in [1.807, 2.05) is 4.90 Å². The minimum atomic E-state index is 0.0222. The summed E-state index contributed by atoms with van der Waals surface area (Å²) >= 11 is 0. The van der Waals surface area contributed by atoms with E-state index in [1.54, 1.807) is 11.8 Å². The summed E-state index contributed by atoms with van der Waals surface area (Å²) in [6.45, 7) is 3.98. The molecule has 2 aliphatic rings. The summed E-state index contributed by atoms with van der Waals surface area (Å²) in [7, 11) is 0. The van der Waals surface area contributed by atoms with E-state index >= 15 is 0 Å². The molecule has 1 unspecified atom stereocenters. The fourth-order valence-electron chi connectivity index (χ4n) is 3.14. The van der Waals surface area contributed by atoms with Crippen LogP contribution >= 0.6 is 0 Å². The highest BCUT2D eigenvalue weighted by Crippen LogP contribution is 2.26. The quantitative estimate of drug-likeness (QED) is 0.835. The van der Waals surface area contributed by atoms with Crippen LogP contribution in [0.5, 0.6) is 0 Å². The predicted molar refractivity (Wildman–Crippen MR) is 78.0 cm³/mol. The largest absolute Gasteiger partial charge is 0.340 e. The Bertz CT molecular complexity index is 557. The number of hydrogen-bond donors (Lipinski definition) is 0. The first-order valence-electron chi connectivity index (χ1n) is 7.99. The van der Waals surface area contributed by atoms with Gasteiger partial charge in [0, 0.05) is 26.1 Å². The molecule has 0 radical (unpaired) electrons. The number of likely N-dealkylation sites (tertiary alicyclic amines) is 2. The molecule has 1 aromatic rings. The molecule has 0 N–H and O–H groups in total. The molecule has 2 amide bonds. The van der Waals surface area contributed by atoms with E-state index in [-0.39, 0.29) is 24.3 Å². The normalized spacial score (nSPS) is 23.0. The first kappa shape index (κ1) is 15.0. The van der Waals surface area contributed by atoms with E-state index in [0.717, 1.165) is 25.7 Å². The van der Waals surface area contributed by atoms with Crippen molar-refractivity contribution in [2.75, 3.05) is 26.2 Å². The summed E-state index contributed by atoms with van der Waals surface area (Å²) in [5.41, 5.74) is 0. The van der Waals surface area contributed by atoms with E-state index in [9.17, 15) is 9.59 Å². The Morgan fingerprint density at radius 2 is 2.18 bits per heavy atom. The molecule has 0 spiro atoms. The number of carbonyl (C=O) groups excluding carboxylic acids is 2. The molecule has 1 aromatic heterocycles. The van der Waals surface area contributed by atoms with Gasteiger partial charge in [-0.1, -0.05) is 11.6 Å². The maximum absolute atomic E-state index is 12.4. The van der Waals surface area contributed by atoms with Crippen molar-refractivity contribution in [3.05, 3.63) is 11.7 Å². The van der Waals surface area contributed by atoms with Crippen LogP contribution in [0.15, 0.2) is 4.52 Å². The van der Waals surface area contributed by atoms with E-state index in [2.05, 4.69) is 10.1 Å². The molecule has 3 rings (SSSR count). The Kier molecular flexibility index (Phi) is 4.40. The maximum Gasteiger partial charge on any atom is 0.242 e. The van der Waals surface area contributed by atoms with Gasteiger partial charge in [0.2, 0.25) is 17.7 Å². The molecule has 22 heavy (non-hydrogen) atoms. The van der Waals surface area contributed by atoms with Crippen LogP contribution in [-0.2, 0) is 9.59 Å². The van der Waals surface area contributed by atoms with Gasteiger partial charge in [-0.2, -0.15) is 4.98 Å². The second-order valence-electron chi connectivity index (χ2n) is 6.13. The molecule has 7 heteroatoms. The van der Waals surface area contributed by atoms with Gasteiger partial charge in [-0.3, -0.25) is 9.59 Å². The lowest BCUT2D eigenvalue weighted by Crippen LogP contribution is -2.41. The van der Waals surface area contributed by atoms with Crippen molar-refractivity contribution in [3.63, 3.8) is 0 Å². The number of aryl methyl sites for hydroxylation is 1. The number of amides is 2. The first-order chi connectivity index (χ1) is 10.6. The molecule has 0 aliphatic carbocycles. The van der Waals surface area contributed by atoms with Crippen molar-refractivity contribution in [1.29, 1.82) is 0 Å². The molecule has 2 aliphatic heterocycles. The SMILES string of the molecule is Cc1noc(C2CCN(C(=O)CN3CCCCCC3=O)C2)n1. The van der Waals surface area contributed by atoms with Crippen molar-refractivity contribution < 1.29 is 14.1 Å². The van der Waals surface area contributed by atoms with Crippen molar-refractivity contribution >= 4 is 11.8 Å². The summed E-state index contributed by atoms with van der Waals surface area (Å²) < 4.78 is 5.20. The molecular formula is C15H22N4O3. The summed E-state index contributed by atoms with van der Waals surface area (Å²) in [6, 6.07) is 0. The van der Waals surface area contributed by atoms with Gasteiger partial charge in [-0.15, -0.1) is 0 Å². The first-order valence-corrected chi connectivity index (χ1v) is 7.99. The van der Waals surface area contributed by atoms with Crippen molar-refractivity contribution in [1.82, 2.24) is 19.9 Å². The van der Waals surface area contributed by atoms with Gasteiger partial charge in [0.25, 0.3) is 0 Å². The molecule has 7 nitrogen and oxygen atoms in total. The van der Waals surface area contributed by atoms with Crippen LogP contribution in [-0.4, -0.2) is 57.9 Å². The summed E-state index contributed by atoms with van der Waals surface area (Å²) in [4.78, 5) is 32.2. The van der Waals surface area contributed by atoms with Gasteiger partial charge >= 0.3 is 0 Å². The number of carbonyl (C=O) groups is 2. The Labute approximate surface area is 129 Å². The van der Waals surface area contributed by atoms with E-state index in [4.69, 9.17) is 4.52 Å². The number of nitrogens with zero attached hydrogens (tertiary/aromatic N) is 4.